The Labute approximate surface area is 136 Å². The molecule has 0 unspecified atom stereocenters. The number of imidazole rings is 1. The maximum atomic E-state index is 12.0. The number of likely N-dealkylation sites (tertiary alicyclic amines) is 1. The molecule has 23 heavy (non-hydrogen) atoms. The van der Waals surface area contributed by atoms with Crippen molar-refractivity contribution >= 4 is 6.03 Å². The van der Waals surface area contributed by atoms with Gasteiger partial charge in [0.2, 0.25) is 0 Å². The zero-order valence-corrected chi connectivity index (χ0v) is 13.7. The van der Waals surface area contributed by atoms with Crippen molar-refractivity contribution in [3.63, 3.8) is 0 Å². The van der Waals surface area contributed by atoms with Gasteiger partial charge in [-0.15, -0.1) is 0 Å². The second-order valence-electron chi connectivity index (χ2n) is 6.21. The summed E-state index contributed by atoms with van der Waals surface area (Å²) in [5.41, 5.74) is 1.22. The van der Waals surface area contributed by atoms with Gasteiger partial charge < -0.3 is 14.4 Å². The smallest absolute Gasteiger partial charge is 0.319 e. The Kier molecular flexibility index (Phi) is 4.60. The Morgan fingerprint density at radius 3 is 2.57 bits per heavy atom. The molecule has 0 N–H and O–H groups in total. The number of piperidine rings is 1. The van der Waals surface area contributed by atoms with Crippen LogP contribution in [0.2, 0.25) is 0 Å². The van der Waals surface area contributed by atoms with Crippen molar-refractivity contribution < 1.29 is 4.79 Å². The SMILES string of the molecule is CN(C)C(=O)N1CCC(c2nccn2Cc2ccncc2)CC1. The zero-order chi connectivity index (χ0) is 16.2. The summed E-state index contributed by atoms with van der Waals surface area (Å²) < 4.78 is 2.21. The van der Waals surface area contributed by atoms with Gasteiger partial charge in [-0.05, 0) is 30.5 Å². The maximum absolute atomic E-state index is 12.0. The van der Waals surface area contributed by atoms with E-state index in [0.29, 0.717) is 5.92 Å². The van der Waals surface area contributed by atoms with Crippen LogP contribution < -0.4 is 0 Å². The zero-order valence-electron chi connectivity index (χ0n) is 13.7. The van der Waals surface area contributed by atoms with Crippen molar-refractivity contribution in [3.05, 3.63) is 48.3 Å². The van der Waals surface area contributed by atoms with Crippen molar-refractivity contribution in [3.8, 4) is 0 Å². The predicted molar refractivity (Wildman–Crippen MR) is 88.2 cm³/mol. The lowest BCUT2D eigenvalue weighted by atomic mass is 9.96. The molecule has 0 spiro atoms. The van der Waals surface area contributed by atoms with Gasteiger partial charge in [0.15, 0.2) is 0 Å². The van der Waals surface area contributed by atoms with E-state index in [0.717, 1.165) is 38.3 Å². The summed E-state index contributed by atoms with van der Waals surface area (Å²) in [7, 11) is 3.60. The third-order valence-corrected chi connectivity index (χ3v) is 4.36. The van der Waals surface area contributed by atoms with Gasteiger partial charge in [-0.1, -0.05) is 0 Å². The van der Waals surface area contributed by atoms with E-state index in [4.69, 9.17) is 0 Å². The second kappa shape index (κ2) is 6.81. The summed E-state index contributed by atoms with van der Waals surface area (Å²) in [5.74, 6) is 1.54. The average molecular weight is 313 g/mol. The molecule has 1 aliphatic rings. The number of pyridine rings is 1. The minimum Gasteiger partial charge on any atom is -0.331 e. The Morgan fingerprint density at radius 1 is 1.22 bits per heavy atom. The fourth-order valence-electron chi connectivity index (χ4n) is 3.11. The monoisotopic (exact) mass is 313 g/mol. The molecule has 1 fully saturated rings. The van der Waals surface area contributed by atoms with Crippen LogP contribution in [0.4, 0.5) is 4.79 Å². The molecule has 0 aromatic carbocycles. The van der Waals surface area contributed by atoms with Crippen molar-refractivity contribution in [2.75, 3.05) is 27.2 Å². The Balaban J connectivity index is 1.65. The number of aromatic nitrogens is 3. The van der Waals surface area contributed by atoms with E-state index in [1.165, 1.54) is 5.56 Å². The van der Waals surface area contributed by atoms with Crippen molar-refractivity contribution in [1.82, 2.24) is 24.3 Å². The standard InChI is InChI=1S/C17H23N5O/c1-20(2)17(23)21-10-5-15(6-11-21)16-19-9-12-22(16)13-14-3-7-18-8-4-14/h3-4,7-9,12,15H,5-6,10-11,13H2,1-2H3. The highest BCUT2D eigenvalue weighted by Gasteiger charge is 2.27. The van der Waals surface area contributed by atoms with Crippen molar-refractivity contribution in [2.24, 2.45) is 0 Å². The van der Waals surface area contributed by atoms with Crippen LogP contribution in [0.15, 0.2) is 36.9 Å². The molecule has 0 saturated carbocycles. The molecule has 0 atom stereocenters. The summed E-state index contributed by atoms with van der Waals surface area (Å²) in [6.45, 7) is 2.41. The molecule has 0 bridgehead atoms. The van der Waals surface area contributed by atoms with E-state index in [1.807, 2.05) is 41.8 Å². The van der Waals surface area contributed by atoms with E-state index < -0.39 is 0 Å². The summed E-state index contributed by atoms with van der Waals surface area (Å²) in [6, 6.07) is 4.16. The lowest BCUT2D eigenvalue weighted by molar-refractivity contribution is 0.155. The van der Waals surface area contributed by atoms with Crippen LogP contribution >= 0.6 is 0 Å². The van der Waals surface area contributed by atoms with Gasteiger partial charge in [0.1, 0.15) is 5.82 Å². The molecular formula is C17H23N5O. The number of urea groups is 1. The Bertz CT molecular complexity index is 644. The van der Waals surface area contributed by atoms with Gasteiger partial charge in [0, 0.05) is 64.4 Å². The largest absolute Gasteiger partial charge is 0.331 e. The Hall–Kier alpha value is -2.37. The maximum Gasteiger partial charge on any atom is 0.319 e. The molecule has 1 aliphatic heterocycles. The molecule has 2 amide bonds. The molecule has 2 aromatic rings. The van der Waals surface area contributed by atoms with Crippen molar-refractivity contribution in [1.29, 1.82) is 0 Å². The first-order chi connectivity index (χ1) is 11.1. The van der Waals surface area contributed by atoms with Gasteiger partial charge in [0.25, 0.3) is 0 Å². The van der Waals surface area contributed by atoms with Crippen LogP contribution in [0.25, 0.3) is 0 Å². The third kappa shape index (κ3) is 3.52. The molecule has 0 radical (unpaired) electrons. The highest BCUT2D eigenvalue weighted by molar-refractivity contribution is 5.73. The lowest BCUT2D eigenvalue weighted by Gasteiger charge is -2.33. The molecule has 6 heteroatoms. The van der Waals surface area contributed by atoms with Crippen LogP contribution in [-0.4, -0.2) is 57.6 Å². The summed E-state index contributed by atoms with van der Waals surface area (Å²) in [4.78, 5) is 24.2. The van der Waals surface area contributed by atoms with E-state index in [1.54, 1.807) is 19.0 Å². The van der Waals surface area contributed by atoms with E-state index >= 15 is 0 Å². The van der Waals surface area contributed by atoms with Crippen LogP contribution in [0.3, 0.4) is 0 Å². The number of nitrogens with zero attached hydrogens (tertiary/aromatic N) is 5. The number of amides is 2. The van der Waals surface area contributed by atoms with E-state index in [9.17, 15) is 4.79 Å². The van der Waals surface area contributed by atoms with Crippen molar-refractivity contribution in [2.45, 2.75) is 25.3 Å². The van der Waals surface area contributed by atoms with Crippen LogP contribution in [0.5, 0.6) is 0 Å². The third-order valence-electron chi connectivity index (χ3n) is 4.36. The van der Waals surface area contributed by atoms with Gasteiger partial charge in [0.05, 0.1) is 0 Å². The summed E-state index contributed by atoms with van der Waals surface area (Å²) in [6.07, 6.45) is 9.47. The molecule has 122 valence electrons. The van der Waals surface area contributed by atoms with Gasteiger partial charge in [-0.3, -0.25) is 4.98 Å². The minimum absolute atomic E-state index is 0.101. The number of rotatable bonds is 3. The first-order valence-corrected chi connectivity index (χ1v) is 8.01. The fraction of sp³-hybridized carbons (Fsp3) is 0.471. The number of hydrogen-bond acceptors (Lipinski definition) is 3. The predicted octanol–water partition coefficient (Wildman–Crippen LogP) is 2.19. The topological polar surface area (TPSA) is 54.3 Å². The highest BCUT2D eigenvalue weighted by atomic mass is 16.2. The van der Waals surface area contributed by atoms with Crippen LogP contribution in [0.1, 0.15) is 30.1 Å². The van der Waals surface area contributed by atoms with Gasteiger partial charge >= 0.3 is 6.03 Å². The van der Waals surface area contributed by atoms with Crippen LogP contribution in [0, 0.1) is 0 Å². The first-order valence-electron chi connectivity index (χ1n) is 8.01. The molecule has 6 nitrogen and oxygen atoms in total. The highest BCUT2D eigenvalue weighted by Crippen LogP contribution is 2.27. The quantitative estimate of drug-likeness (QED) is 0.873. The molecule has 3 heterocycles. The number of hydrogen-bond donors (Lipinski definition) is 0. The molecular weight excluding hydrogens is 290 g/mol. The second-order valence-corrected chi connectivity index (χ2v) is 6.21. The summed E-state index contributed by atoms with van der Waals surface area (Å²) in [5, 5.41) is 0. The molecule has 3 rings (SSSR count). The normalized spacial score (nSPS) is 15.7. The molecule has 0 aliphatic carbocycles. The Morgan fingerprint density at radius 2 is 1.91 bits per heavy atom. The fourth-order valence-corrected chi connectivity index (χ4v) is 3.11. The number of carbonyl (C=O) groups is 1. The summed E-state index contributed by atoms with van der Waals surface area (Å²) >= 11 is 0. The lowest BCUT2D eigenvalue weighted by Crippen LogP contribution is -2.43. The first kappa shape index (κ1) is 15.5. The van der Waals surface area contributed by atoms with Gasteiger partial charge in [-0.2, -0.15) is 0 Å². The number of carbonyl (C=O) groups excluding carboxylic acids is 1. The van der Waals surface area contributed by atoms with E-state index in [2.05, 4.69) is 14.5 Å². The average Bonchev–Trinajstić information content (AvgIpc) is 3.03. The van der Waals surface area contributed by atoms with E-state index in [-0.39, 0.29) is 6.03 Å². The minimum atomic E-state index is 0.101. The van der Waals surface area contributed by atoms with Gasteiger partial charge in [-0.25, -0.2) is 9.78 Å². The molecule has 1 saturated heterocycles. The van der Waals surface area contributed by atoms with Crippen LogP contribution in [-0.2, 0) is 6.54 Å². The molecule has 2 aromatic heterocycles.